The van der Waals surface area contributed by atoms with Crippen molar-refractivity contribution >= 4 is 31.7 Å². The smallest absolute Gasteiger partial charge is 0.410 e. The van der Waals surface area contributed by atoms with Gasteiger partial charge in [0.15, 0.2) is 0 Å². The predicted octanol–water partition coefficient (Wildman–Crippen LogP) is 1.66. The van der Waals surface area contributed by atoms with Gasteiger partial charge in [-0.1, -0.05) is 0 Å². The molecular formula is C15H25ClN2O5S. The molecule has 2 rings (SSSR count). The molecule has 24 heavy (non-hydrogen) atoms. The zero-order valence-corrected chi connectivity index (χ0v) is 15.9. The second kappa shape index (κ2) is 7.07. The van der Waals surface area contributed by atoms with Crippen LogP contribution >= 0.6 is 10.7 Å². The Morgan fingerprint density at radius 1 is 1.29 bits per heavy atom. The molecule has 0 aromatic carbocycles. The summed E-state index contributed by atoms with van der Waals surface area (Å²) in [6, 6.07) is 0. The molecule has 2 atom stereocenters. The van der Waals surface area contributed by atoms with E-state index < -0.39 is 14.7 Å². The average molecular weight is 381 g/mol. The number of carbonyl (C=O) groups excluding carboxylic acids is 2. The molecule has 0 aromatic rings. The number of amides is 2. The van der Waals surface area contributed by atoms with Gasteiger partial charge in [0.25, 0.3) is 0 Å². The number of hydrogen-bond donors (Lipinski definition) is 0. The van der Waals surface area contributed by atoms with Crippen molar-refractivity contribution in [1.29, 1.82) is 0 Å². The standard InChI is InChI=1S/C15H25ClN2O5S/c1-15(2,3)23-14(20)17-5-4-11(7-17)8-18-9-12(6-13(18)19)10-24(16,21)22/h11-12H,4-10H2,1-3H3/t11-,12?/m0/s1. The van der Waals surface area contributed by atoms with E-state index in [2.05, 4.69) is 0 Å². The van der Waals surface area contributed by atoms with E-state index in [4.69, 9.17) is 15.4 Å². The minimum atomic E-state index is -3.60. The van der Waals surface area contributed by atoms with Gasteiger partial charge in [-0.2, -0.15) is 0 Å². The van der Waals surface area contributed by atoms with Crippen molar-refractivity contribution < 1.29 is 22.7 Å². The normalized spacial score (nSPS) is 25.4. The summed E-state index contributed by atoms with van der Waals surface area (Å²) in [6.07, 6.45) is 0.694. The highest BCUT2D eigenvalue weighted by Crippen LogP contribution is 2.25. The molecule has 0 radical (unpaired) electrons. The van der Waals surface area contributed by atoms with E-state index in [0.29, 0.717) is 26.2 Å². The largest absolute Gasteiger partial charge is 0.444 e. The van der Waals surface area contributed by atoms with E-state index in [9.17, 15) is 18.0 Å². The Kier molecular flexibility index (Phi) is 5.69. The third-order valence-electron chi connectivity index (χ3n) is 4.15. The Hall–Kier alpha value is -1.02. The summed E-state index contributed by atoms with van der Waals surface area (Å²) < 4.78 is 27.7. The number of carbonyl (C=O) groups is 2. The zero-order valence-electron chi connectivity index (χ0n) is 14.3. The van der Waals surface area contributed by atoms with Gasteiger partial charge >= 0.3 is 6.09 Å². The Morgan fingerprint density at radius 3 is 2.54 bits per heavy atom. The molecule has 2 amide bonds. The van der Waals surface area contributed by atoms with Crippen LogP contribution in [0.15, 0.2) is 0 Å². The van der Waals surface area contributed by atoms with Gasteiger partial charge in [0, 0.05) is 49.2 Å². The maximum Gasteiger partial charge on any atom is 0.410 e. The Labute approximate surface area is 147 Å². The predicted molar refractivity (Wildman–Crippen MR) is 90.2 cm³/mol. The molecule has 2 saturated heterocycles. The lowest BCUT2D eigenvalue weighted by atomic mass is 10.1. The number of nitrogens with zero attached hydrogens (tertiary/aromatic N) is 2. The summed E-state index contributed by atoms with van der Waals surface area (Å²) in [7, 11) is 1.67. The number of hydrogen-bond acceptors (Lipinski definition) is 5. The van der Waals surface area contributed by atoms with Crippen LogP contribution in [0.4, 0.5) is 4.79 Å². The molecule has 1 unspecified atom stereocenters. The second-order valence-electron chi connectivity index (χ2n) is 7.66. The van der Waals surface area contributed by atoms with Crippen LogP contribution in [0.1, 0.15) is 33.6 Å². The molecule has 0 aromatic heterocycles. The van der Waals surface area contributed by atoms with E-state index in [1.165, 1.54) is 0 Å². The van der Waals surface area contributed by atoms with Crippen LogP contribution in [0.2, 0.25) is 0 Å². The molecule has 0 bridgehead atoms. The molecule has 2 aliphatic rings. The minimum Gasteiger partial charge on any atom is -0.444 e. The molecule has 0 saturated carbocycles. The molecular weight excluding hydrogens is 356 g/mol. The van der Waals surface area contributed by atoms with Gasteiger partial charge in [-0.3, -0.25) is 4.79 Å². The van der Waals surface area contributed by atoms with Gasteiger partial charge in [0.2, 0.25) is 15.0 Å². The lowest BCUT2D eigenvalue weighted by Gasteiger charge is -2.25. The van der Waals surface area contributed by atoms with Crippen LogP contribution in [0.25, 0.3) is 0 Å². The fourth-order valence-corrected chi connectivity index (χ4v) is 4.53. The zero-order chi connectivity index (χ0) is 18.1. The van der Waals surface area contributed by atoms with Crippen LogP contribution in [-0.4, -0.2) is 67.8 Å². The first kappa shape index (κ1) is 19.3. The quantitative estimate of drug-likeness (QED) is 0.692. The fraction of sp³-hybridized carbons (Fsp3) is 0.867. The van der Waals surface area contributed by atoms with Gasteiger partial charge in [-0.15, -0.1) is 0 Å². The lowest BCUT2D eigenvalue weighted by molar-refractivity contribution is -0.128. The highest BCUT2D eigenvalue weighted by molar-refractivity contribution is 8.13. The van der Waals surface area contributed by atoms with Gasteiger partial charge in [-0.25, -0.2) is 13.2 Å². The summed E-state index contributed by atoms with van der Waals surface area (Å²) >= 11 is 0. The van der Waals surface area contributed by atoms with Crippen molar-refractivity contribution in [1.82, 2.24) is 9.80 Å². The molecule has 7 nitrogen and oxygen atoms in total. The molecule has 0 aliphatic carbocycles. The molecule has 2 heterocycles. The highest BCUT2D eigenvalue weighted by Gasteiger charge is 2.36. The van der Waals surface area contributed by atoms with Crippen molar-refractivity contribution in [2.75, 3.05) is 31.9 Å². The molecule has 2 aliphatic heterocycles. The molecule has 0 spiro atoms. The Balaban J connectivity index is 1.83. The van der Waals surface area contributed by atoms with Crippen molar-refractivity contribution in [3.8, 4) is 0 Å². The summed E-state index contributed by atoms with van der Waals surface area (Å²) in [5.41, 5.74) is -0.527. The van der Waals surface area contributed by atoms with Gasteiger partial charge in [-0.05, 0) is 33.1 Å². The van der Waals surface area contributed by atoms with Crippen LogP contribution in [0.3, 0.4) is 0 Å². The topological polar surface area (TPSA) is 84.0 Å². The highest BCUT2D eigenvalue weighted by atomic mass is 35.7. The van der Waals surface area contributed by atoms with Crippen LogP contribution in [0.5, 0.6) is 0 Å². The number of ether oxygens (including phenoxy) is 1. The fourth-order valence-electron chi connectivity index (χ4n) is 3.21. The van der Waals surface area contributed by atoms with Crippen molar-refractivity contribution in [3.05, 3.63) is 0 Å². The second-order valence-corrected chi connectivity index (χ2v) is 10.5. The first-order valence-electron chi connectivity index (χ1n) is 8.11. The number of halogens is 1. The van der Waals surface area contributed by atoms with Crippen molar-refractivity contribution in [3.63, 3.8) is 0 Å². The SMILES string of the molecule is CC(C)(C)OC(=O)N1CC[C@H](CN2CC(CS(=O)(=O)Cl)CC2=O)C1. The van der Waals surface area contributed by atoms with Crippen LogP contribution in [-0.2, 0) is 18.6 Å². The summed E-state index contributed by atoms with van der Waals surface area (Å²) in [6.45, 7) is 7.59. The van der Waals surface area contributed by atoms with Gasteiger partial charge in [0.1, 0.15) is 5.60 Å². The van der Waals surface area contributed by atoms with Crippen molar-refractivity contribution in [2.45, 2.75) is 39.2 Å². The van der Waals surface area contributed by atoms with E-state index in [1.54, 1.807) is 9.80 Å². The lowest BCUT2D eigenvalue weighted by Crippen LogP contribution is -2.37. The average Bonchev–Trinajstić information content (AvgIpc) is 2.94. The first-order chi connectivity index (χ1) is 10.9. The van der Waals surface area contributed by atoms with Crippen LogP contribution < -0.4 is 0 Å². The van der Waals surface area contributed by atoms with E-state index >= 15 is 0 Å². The third kappa shape index (κ3) is 5.81. The third-order valence-corrected chi connectivity index (χ3v) is 5.39. The monoisotopic (exact) mass is 380 g/mol. The number of rotatable bonds is 4. The molecule has 9 heteroatoms. The Morgan fingerprint density at radius 2 is 1.96 bits per heavy atom. The van der Waals surface area contributed by atoms with Gasteiger partial charge in [0.05, 0.1) is 5.75 Å². The van der Waals surface area contributed by atoms with E-state index in [1.807, 2.05) is 20.8 Å². The van der Waals surface area contributed by atoms with E-state index in [0.717, 1.165) is 6.42 Å². The van der Waals surface area contributed by atoms with E-state index in [-0.39, 0.29) is 36.0 Å². The Bertz CT molecular complexity index is 601. The molecule has 0 N–H and O–H groups in total. The van der Waals surface area contributed by atoms with Crippen molar-refractivity contribution in [2.24, 2.45) is 11.8 Å². The maximum atomic E-state index is 12.1. The maximum absolute atomic E-state index is 12.1. The van der Waals surface area contributed by atoms with Gasteiger partial charge < -0.3 is 14.5 Å². The molecule has 2 fully saturated rings. The number of likely N-dealkylation sites (tertiary alicyclic amines) is 2. The summed E-state index contributed by atoms with van der Waals surface area (Å²) in [5.74, 6) is -0.280. The summed E-state index contributed by atoms with van der Waals surface area (Å²) in [4.78, 5) is 27.5. The summed E-state index contributed by atoms with van der Waals surface area (Å²) in [5, 5.41) is 0. The minimum absolute atomic E-state index is 0.0453. The first-order valence-corrected chi connectivity index (χ1v) is 10.6. The van der Waals surface area contributed by atoms with Crippen LogP contribution in [0, 0.1) is 11.8 Å². The molecule has 138 valence electrons.